The molecule has 2 aliphatic heterocycles. The Morgan fingerprint density at radius 2 is 1.92 bits per heavy atom. The maximum absolute atomic E-state index is 15.5. The lowest BCUT2D eigenvalue weighted by Crippen LogP contribution is -2.46. The highest BCUT2D eigenvalue weighted by atomic mass is 19.1. The lowest BCUT2D eigenvalue weighted by molar-refractivity contribution is 0.292. The quantitative estimate of drug-likeness (QED) is 0.413. The van der Waals surface area contributed by atoms with E-state index in [2.05, 4.69) is 15.3 Å². The van der Waals surface area contributed by atoms with Crippen molar-refractivity contribution in [3.63, 3.8) is 0 Å². The van der Waals surface area contributed by atoms with E-state index in [0.29, 0.717) is 17.0 Å². The molecule has 0 radical (unpaired) electrons. The van der Waals surface area contributed by atoms with Crippen LogP contribution in [-0.2, 0) is 0 Å². The van der Waals surface area contributed by atoms with Crippen LogP contribution in [0.1, 0.15) is 36.9 Å². The summed E-state index contributed by atoms with van der Waals surface area (Å²) in [4.78, 5) is 4.04. The van der Waals surface area contributed by atoms with Crippen LogP contribution in [0.5, 0.6) is 0 Å². The van der Waals surface area contributed by atoms with Crippen molar-refractivity contribution < 1.29 is 8.78 Å². The minimum Gasteiger partial charge on any atom is -0.371 e. The summed E-state index contributed by atoms with van der Waals surface area (Å²) >= 11 is 0. The van der Waals surface area contributed by atoms with E-state index < -0.39 is 11.6 Å². The summed E-state index contributed by atoms with van der Waals surface area (Å²) in [5, 5.41) is 25.9. The Morgan fingerprint density at radius 3 is 2.58 bits per heavy atom. The fourth-order valence-corrected chi connectivity index (χ4v) is 5.02. The van der Waals surface area contributed by atoms with Crippen molar-refractivity contribution in [1.82, 2.24) is 20.0 Å². The van der Waals surface area contributed by atoms with Gasteiger partial charge in [-0.1, -0.05) is 6.07 Å². The number of aromatic nitrogens is 2. The van der Waals surface area contributed by atoms with Gasteiger partial charge in [-0.05, 0) is 68.6 Å². The second-order valence-corrected chi connectivity index (χ2v) is 9.42. The number of rotatable bonds is 5. The number of anilines is 1. The third kappa shape index (κ3) is 4.56. The Bertz CT molecular complexity index is 1310. The Morgan fingerprint density at radius 1 is 1.11 bits per heavy atom. The van der Waals surface area contributed by atoms with Gasteiger partial charge >= 0.3 is 0 Å². The molecule has 0 spiro atoms. The zero-order valence-corrected chi connectivity index (χ0v) is 20.3. The zero-order chi connectivity index (χ0) is 25.2. The normalized spacial score (nSPS) is 17.7. The van der Waals surface area contributed by atoms with Gasteiger partial charge < -0.3 is 15.1 Å². The molecule has 1 atom stereocenters. The van der Waals surface area contributed by atoms with Crippen LogP contribution in [0.3, 0.4) is 0 Å². The zero-order valence-electron chi connectivity index (χ0n) is 20.3. The molecule has 0 aliphatic carbocycles. The third-order valence-corrected chi connectivity index (χ3v) is 7.14. The molecule has 7 nitrogen and oxygen atoms in total. The van der Waals surface area contributed by atoms with Crippen LogP contribution in [0.4, 0.5) is 14.5 Å². The summed E-state index contributed by atoms with van der Waals surface area (Å²) in [5.74, 6) is -0.887. The Hall–Kier alpha value is -3.77. The highest BCUT2D eigenvalue weighted by Gasteiger charge is 2.25. The molecule has 2 aliphatic rings. The second-order valence-electron chi connectivity index (χ2n) is 9.42. The summed E-state index contributed by atoms with van der Waals surface area (Å²) in [6.07, 6.45) is 4.17. The molecule has 36 heavy (non-hydrogen) atoms. The van der Waals surface area contributed by atoms with Crippen molar-refractivity contribution >= 4 is 11.5 Å². The van der Waals surface area contributed by atoms with Gasteiger partial charge in [0.2, 0.25) is 0 Å². The molecule has 2 saturated heterocycles. The van der Waals surface area contributed by atoms with Gasteiger partial charge in [-0.15, -0.1) is 0 Å². The van der Waals surface area contributed by atoms with Crippen LogP contribution in [0.2, 0.25) is 0 Å². The van der Waals surface area contributed by atoms with Gasteiger partial charge in [0.25, 0.3) is 0 Å². The molecular formula is C27H29F2N7. The first-order chi connectivity index (χ1) is 17.5. The van der Waals surface area contributed by atoms with E-state index in [1.807, 2.05) is 24.1 Å². The number of halogens is 2. The Balaban J connectivity index is 1.56. The molecule has 1 aromatic heterocycles. The molecule has 2 fully saturated rings. The van der Waals surface area contributed by atoms with E-state index in [1.165, 1.54) is 22.9 Å². The fourth-order valence-electron chi connectivity index (χ4n) is 5.02. The first kappa shape index (κ1) is 23.9. The van der Waals surface area contributed by atoms with Gasteiger partial charge in [-0.2, -0.15) is 10.4 Å². The minimum absolute atomic E-state index is 0.0662. The Kier molecular flexibility index (Phi) is 6.70. The molecule has 186 valence electrons. The molecular weight excluding hydrogens is 460 g/mol. The molecule has 0 amide bonds. The van der Waals surface area contributed by atoms with Gasteiger partial charge in [0.1, 0.15) is 29.1 Å². The van der Waals surface area contributed by atoms with Crippen molar-refractivity contribution in [2.75, 3.05) is 38.1 Å². The maximum atomic E-state index is 15.5. The van der Waals surface area contributed by atoms with E-state index in [4.69, 9.17) is 10.7 Å². The first-order valence-corrected chi connectivity index (χ1v) is 12.3. The largest absolute Gasteiger partial charge is 0.371 e. The van der Waals surface area contributed by atoms with Gasteiger partial charge in [-0.3, -0.25) is 5.41 Å². The van der Waals surface area contributed by atoms with Gasteiger partial charge in [0, 0.05) is 44.0 Å². The van der Waals surface area contributed by atoms with E-state index in [0.717, 1.165) is 57.5 Å². The molecule has 5 rings (SSSR count). The average molecular weight is 490 g/mol. The summed E-state index contributed by atoms with van der Waals surface area (Å²) in [7, 11) is 1.87. The van der Waals surface area contributed by atoms with Crippen LogP contribution in [0.25, 0.3) is 16.9 Å². The van der Waals surface area contributed by atoms with Crippen LogP contribution in [0, 0.1) is 28.4 Å². The molecule has 2 N–H and O–H groups in total. The van der Waals surface area contributed by atoms with E-state index >= 15 is 4.39 Å². The number of hydrogen-bond acceptors (Lipinski definition) is 5. The SMILES string of the molecule is CN(C(=N)c1cc(-c2ccc(C#N)c(F)c2)n(-c2ccc(N3CCCC3)cc2F)n1)[C@H]1CCCNC1. The summed E-state index contributed by atoms with van der Waals surface area (Å²) < 4.78 is 31.4. The van der Waals surface area contributed by atoms with Crippen molar-refractivity contribution in [2.45, 2.75) is 31.7 Å². The number of piperidine rings is 1. The number of hydrogen-bond donors (Lipinski definition) is 2. The lowest BCUT2D eigenvalue weighted by Gasteiger charge is -2.32. The highest BCUT2D eigenvalue weighted by molar-refractivity contribution is 5.95. The van der Waals surface area contributed by atoms with Gasteiger partial charge in [0.05, 0.1) is 11.3 Å². The Labute approximate surface area is 209 Å². The second kappa shape index (κ2) is 10.1. The van der Waals surface area contributed by atoms with Gasteiger partial charge in [-0.25, -0.2) is 13.5 Å². The number of amidine groups is 1. The van der Waals surface area contributed by atoms with Crippen LogP contribution in [0.15, 0.2) is 42.5 Å². The predicted molar refractivity (Wildman–Crippen MR) is 136 cm³/mol. The number of benzene rings is 2. The smallest absolute Gasteiger partial charge is 0.150 e. The summed E-state index contributed by atoms with van der Waals surface area (Å²) in [6.45, 7) is 3.55. The average Bonchev–Trinajstić information content (AvgIpc) is 3.59. The monoisotopic (exact) mass is 489 g/mol. The van der Waals surface area contributed by atoms with Crippen molar-refractivity contribution in [1.29, 1.82) is 10.7 Å². The van der Waals surface area contributed by atoms with Crippen LogP contribution >= 0.6 is 0 Å². The van der Waals surface area contributed by atoms with Crippen molar-refractivity contribution in [3.8, 4) is 23.0 Å². The van der Waals surface area contributed by atoms with Crippen LogP contribution in [-0.4, -0.2) is 59.8 Å². The maximum Gasteiger partial charge on any atom is 0.150 e. The lowest BCUT2D eigenvalue weighted by atomic mass is 10.1. The van der Waals surface area contributed by atoms with Gasteiger partial charge in [0.15, 0.2) is 5.82 Å². The fraction of sp³-hybridized carbons (Fsp3) is 0.370. The number of nitrogens with zero attached hydrogens (tertiary/aromatic N) is 5. The van der Waals surface area contributed by atoms with Crippen LogP contribution < -0.4 is 10.2 Å². The van der Waals surface area contributed by atoms with Crippen molar-refractivity contribution in [3.05, 3.63) is 65.4 Å². The summed E-state index contributed by atoms with van der Waals surface area (Å²) in [6, 6.07) is 13.0. The third-order valence-electron chi connectivity index (χ3n) is 7.14. The van der Waals surface area contributed by atoms with E-state index in [-0.39, 0.29) is 23.1 Å². The minimum atomic E-state index is -0.658. The molecule has 0 bridgehead atoms. The number of likely N-dealkylation sites (N-methyl/N-ethyl adjacent to an activating group) is 1. The number of nitrogens with one attached hydrogen (secondary N) is 2. The molecule has 3 aromatic rings. The number of nitriles is 1. The molecule has 9 heteroatoms. The highest BCUT2D eigenvalue weighted by Crippen LogP contribution is 2.30. The summed E-state index contributed by atoms with van der Waals surface area (Å²) in [5.41, 5.74) is 2.24. The molecule has 0 saturated carbocycles. The molecule has 2 aromatic carbocycles. The molecule has 3 heterocycles. The first-order valence-electron chi connectivity index (χ1n) is 12.3. The molecule has 0 unspecified atom stereocenters. The standard InChI is InChI=1S/C27H29F2N7/c1-34(21-5-4-10-32-17-21)27(31)24-15-26(18-6-7-19(16-30)22(28)13-18)36(33-24)25-9-8-20(14-23(25)29)35-11-2-3-12-35/h6-9,13-15,21,31-32H,2-5,10-12,17H2,1H3/t21-/m0/s1. The predicted octanol–water partition coefficient (Wildman–Crippen LogP) is 4.30. The van der Waals surface area contributed by atoms with E-state index in [9.17, 15) is 4.39 Å². The van der Waals surface area contributed by atoms with Crippen molar-refractivity contribution in [2.24, 2.45) is 0 Å². The topological polar surface area (TPSA) is 84.0 Å². The van der Waals surface area contributed by atoms with E-state index in [1.54, 1.807) is 18.2 Å².